The zero-order chi connectivity index (χ0) is 16.1. The van der Waals surface area contributed by atoms with Gasteiger partial charge in [0.2, 0.25) is 0 Å². The van der Waals surface area contributed by atoms with Crippen molar-refractivity contribution in [2.45, 2.75) is 6.04 Å². The van der Waals surface area contributed by atoms with Crippen molar-refractivity contribution in [3.05, 3.63) is 69.2 Å². The average Bonchev–Trinajstić information content (AvgIpc) is 2.49. The fourth-order valence-corrected chi connectivity index (χ4v) is 2.97. The van der Waals surface area contributed by atoms with E-state index in [9.17, 15) is 4.79 Å². The molecular formula is C17H18BrClN2O. The van der Waals surface area contributed by atoms with Gasteiger partial charge in [-0.2, -0.15) is 0 Å². The smallest absolute Gasteiger partial charge is 0.252 e. The Morgan fingerprint density at radius 2 is 1.82 bits per heavy atom. The Bertz CT molecular complexity index is 661. The maximum absolute atomic E-state index is 12.3. The summed E-state index contributed by atoms with van der Waals surface area (Å²) in [5.41, 5.74) is 1.63. The van der Waals surface area contributed by atoms with Crippen LogP contribution in [0.15, 0.2) is 53.0 Å². The first-order valence-electron chi connectivity index (χ1n) is 6.94. The van der Waals surface area contributed by atoms with Gasteiger partial charge >= 0.3 is 0 Å². The molecule has 3 nitrogen and oxygen atoms in total. The van der Waals surface area contributed by atoms with E-state index in [0.29, 0.717) is 17.1 Å². The molecule has 0 spiro atoms. The number of hydrogen-bond acceptors (Lipinski definition) is 2. The van der Waals surface area contributed by atoms with Gasteiger partial charge in [-0.05, 0) is 53.8 Å². The summed E-state index contributed by atoms with van der Waals surface area (Å²) in [6.07, 6.45) is 0. The van der Waals surface area contributed by atoms with Crippen LogP contribution in [0.25, 0.3) is 0 Å². The molecule has 0 aromatic heterocycles. The number of nitrogens with zero attached hydrogens (tertiary/aromatic N) is 1. The predicted molar refractivity (Wildman–Crippen MR) is 94.4 cm³/mol. The molecule has 0 heterocycles. The molecule has 0 aliphatic carbocycles. The molecule has 0 aliphatic rings. The number of amides is 1. The van der Waals surface area contributed by atoms with Crippen molar-refractivity contribution >= 4 is 33.4 Å². The van der Waals surface area contributed by atoms with Gasteiger partial charge in [-0.15, -0.1) is 0 Å². The third-order valence-corrected chi connectivity index (χ3v) is 4.50. The van der Waals surface area contributed by atoms with Gasteiger partial charge in [-0.25, -0.2) is 0 Å². The van der Waals surface area contributed by atoms with Crippen LogP contribution in [0, 0.1) is 0 Å². The minimum atomic E-state index is -0.105. The zero-order valence-corrected chi connectivity index (χ0v) is 14.9. The highest BCUT2D eigenvalue weighted by molar-refractivity contribution is 9.10. The van der Waals surface area contributed by atoms with Crippen LogP contribution in [0.5, 0.6) is 0 Å². The number of nitrogens with one attached hydrogen (secondary N) is 1. The predicted octanol–water partition coefficient (Wildman–Crippen LogP) is 4.14. The number of likely N-dealkylation sites (N-methyl/N-ethyl adjacent to an activating group) is 1. The Hall–Kier alpha value is -1.36. The van der Waals surface area contributed by atoms with E-state index in [1.165, 1.54) is 0 Å². The van der Waals surface area contributed by atoms with E-state index in [4.69, 9.17) is 11.6 Å². The summed E-state index contributed by atoms with van der Waals surface area (Å²) in [6.45, 7) is 0.483. The molecule has 0 saturated heterocycles. The van der Waals surface area contributed by atoms with Gasteiger partial charge in [-0.3, -0.25) is 4.79 Å². The van der Waals surface area contributed by atoms with Crippen LogP contribution in [-0.2, 0) is 0 Å². The quantitative estimate of drug-likeness (QED) is 0.844. The molecule has 2 aromatic rings. The summed E-state index contributed by atoms with van der Waals surface area (Å²) >= 11 is 9.67. The van der Waals surface area contributed by atoms with E-state index in [1.54, 1.807) is 6.07 Å². The molecular weight excluding hydrogens is 364 g/mol. The standard InChI is InChI=1S/C17H18BrClN2O/c1-21(2)16(13-8-4-6-10-15(13)19)11-20-17(22)12-7-3-5-9-14(12)18/h3-10,16H,11H2,1-2H3,(H,20,22)/t16-/m0/s1. The Balaban J connectivity index is 2.12. The van der Waals surface area contributed by atoms with E-state index in [2.05, 4.69) is 21.2 Å². The normalized spacial score (nSPS) is 12.2. The van der Waals surface area contributed by atoms with Gasteiger partial charge in [-0.1, -0.05) is 41.9 Å². The monoisotopic (exact) mass is 380 g/mol. The fourth-order valence-electron chi connectivity index (χ4n) is 2.25. The van der Waals surface area contributed by atoms with Gasteiger partial charge in [0.05, 0.1) is 11.6 Å². The topological polar surface area (TPSA) is 32.3 Å². The number of halogens is 2. The lowest BCUT2D eigenvalue weighted by Crippen LogP contribution is -2.34. The van der Waals surface area contributed by atoms with Crippen molar-refractivity contribution < 1.29 is 4.79 Å². The Morgan fingerprint density at radius 3 is 2.45 bits per heavy atom. The molecule has 0 aliphatic heterocycles. The first-order chi connectivity index (χ1) is 10.5. The summed E-state index contributed by atoms with van der Waals surface area (Å²) in [5, 5.41) is 3.68. The number of hydrogen-bond donors (Lipinski definition) is 1. The molecule has 116 valence electrons. The van der Waals surface area contributed by atoms with Gasteiger partial charge in [0.25, 0.3) is 5.91 Å². The number of carbonyl (C=O) groups is 1. The first kappa shape index (κ1) is 17.0. The van der Waals surface area contributed by atoms with Crippen molar-refractivity contribution in [1.29, 1.82) is 0 Å². The zero-order valence-electron chi connectivity index (χ0n) is 12.5. The highest BCUT2D eigenvalue weighted by atomic mass is 79.9. The van der Waals surface area contributed by atoms with E-state index < -0.39 is 0 Å². The average molecular weight is 382 g/mol. The van der Waals surface area contributed by atoms with Crippen LogP contribution in [0.4, 0.5) is 0 Å². The van der Waals surface area contributed by atoms with Crippen molar-refractivity contribution in [2.75, 3.05) is 20.6 Å². The maximum atomic E-state index is 12.3. The second-order valence-corrected chi connectivity index (χ2v) is 6.45. The van der Waals surface area contributed by atoms with Crippen LogP contribution in [0.1, 0.15) is 22.0 Å². The molecule has 22 heavy (non-hydrogen) atoms. The molecule has 0 saturated carbocycles. The second kappa shape index (κ2) is 7.77. The number of carbonyl (C=O) groups excluding carboxylic acids is 1. The SMILES string of the molecule is CN(C)[C@@H](CNC(=O)c1ccccc1Br)c1ccccc1Cl. The highest BCUT2D eigenvalue weighted by Crippen LogP contribution is 2.25. The third-order valence-electron chi connectivity index (χ3n) is 3.46. The van der Waals surface area contributed by atoms with E-state index in [0.717, 1.165) is 10.0 Å². The van der Waals surface area contributed by atoms with Crippen molar-refractivity contribution in [3.8, 4) is 0 Å². The molecule has 1 atom stereocenters. The lowest BCUT2D eigenvalue weighted by Gasteiger charge is -2.26. The van der Waals surface area contributed by atoms with Crippen LogP contribution in [-0.4, -0.2) is 31.4 Å². The van der Waals surface area contributed by atoms with Gasteiger partial charge in [0, 0.05) is 16.0 Å². The summed E-state index contributed by atoms with van der Waals surface area (Å²) in [6, 6.07) is 15.1. The van der Waals surface area contributed by atoms with Crippen LogP contribution in [0.2, 0.25) is 5.02 Å². The first-order valence-corrected chi connectivity index (χ1v) is 8.11. The molecule has 2 rings (SSSR count). The largest absolute Gasteiger partial charge is 0.350 e. The maximum Gasteiger partial charge on any atom is 0.252 e. The van der Waals surface area contributed by atoms with Crippen molar-refractivity contribution in [3.63, 3.8) is 0 Å². The molecule has 1 amide bonds. The Labute approximate surface area is 144 Å². The van der Waals surface area contributed by atoms with Crippen molar-refractivity contribution in [2.24, 2.45) is 0 Å². The highest BCUT2D eigenvalue weighted by Gasteiger charge is 2.18. The second-order valence-electron chi connectivity index (χ2n) is 5.19. The van der Waals surface area contributed by atoms with E-state index in [1.807, 2.05) is 61.5 Å². The number of benzene rings is 2. The van der Waals surface area contributed by atoms with E-state index >= 15 is 0 Å². The van der Waals surface area contributed by atoms with E-state index in [-0.39, 0.29) is 11.9 Å². The third kappa shape index (κ3) is 4.09. The minimum absolute atomic E-state index is 0.0140. The summed E-state index contributed by atoms with van der Waals surface area (Å²) in [7, 11) is 3.94. The fraction of sp³-hybridized carbons (Fsp3) is 0.235. The Kier molecular flexibility index (Phi) is 6.00. The molecule has 1 N–H and O–H groups in total. The lowest BCUT2D eigenvalue weighted by atomic mass is 10.1. The van der Waals surface area contributed by atoms with Gasteiger partial charge in [0.15, 0.2) is 0 Å². The summed E-state index contributed by atoms with van der Waals surface area (Å²) < 4.78 is 0.784. The minimum Gasteiger partial charge on any atom is -0.350 e. The molecule has 5 heteroatoms. The van der Waals surface area contributed by atoms with Crippen LogP contribution >= 0.6 is 27.5 Å². The summed E-state index contributed by atoms with van der Waals surface area (Å²) in [5.74, 6) is -0.105. The number of rotatable bonds is 5. The molecule has 0 radical (unpaired) electrons. The summed E-state index contributed by atoms with van der Waals surface area (Å²) in [4.78, 5) is 14.4. The molecule has 0 fully saturated rings. The molecule has 0 unspecified atom stereocenters. The molecule has 0 bridgehead atoms. The van der Waals surface area contributed by atoms with Crippen molar-refractivity contribution in [1.82, 2.24) is 10.2 Å². The molecule has 2 aromatic carbocycles. The van der Waals surface area contributed by atoms with Crippen LogP contribution in [0.3, 0.4) is 0 Å². The van der Waals surface area contributed by atoms with Gasteiger partial charge < -0.3 is 10.2 Å². The Morgan fingerprint density at radius 1 is 1.18 bits per heavy atom. The van der Waals surface area contributed by atoms with Gasteiger partial charge in [0.1, 0.15) is 0 Å². The lowest BCUT2D eigenvalue weighted by molar-refractivity contribution is 0.0941. The van der Waals surface area contributed by atoms with Crippen LogP contribution < -0.4 is 5.32 Å².